The minimum absolute atomic E-state index is 0.00269. The van der Waals surface area contributed by atoms with E-state index >= 15 is 0 Å². The molecule has 180 valence electrons. The molecule has 4 aromatic rings. The molecular formula is C28H22ClFN4O2. The lowest BCUT2D eigenvalue weighted by molar-refractivity contribution is -0.124. The first-order valence-electron chi connectivity index (χ1n) is 11.9. The van der Waals surface area contributed by atoms with Crippen LogP contribution in [0.4, 0.5) is 14.9 Å². The van der Waals surface area contributed by atoms with Crippen molar-refractivity contribution in [3.63, 3.8) is 0 Å². The molecule has 3 heterocycles. The quantitative estimate of drug-likeness (QED) is 0.369. The molecule has 0 bridgehead atoms. The van der Waals surface area contributed by atoms with Crippen molar-refractivity contribution in [3.05, 3.63) is 89.7 Å². The molecular weight excluding hydrogens is 479 g/mol. The highest BCUT2D eigenvalue weighted by Crippen LogP contribution is 2.45. The Bertz CT molecular complexity index is 1500. The highest BCUT2D eigenvalue weighted by Gasteiger charge is 2.46. The third kappa shape index (κ3) is 3.80. The van der Waals surface area contributed by atoms with Crippen molar-refractivity contribution in [3.8, 4) is 11.1 Å². The van der Waals surface area contributed by atoms with Crippen LogP contribution >= 0.6 is 11.6 Å². The molecule has 8 heteroatoms. The fourth-order valence-corrected chi connectivity index (χ4v) is 5.98. The monoisotopic (exact) mass is 500 g/mol. The molecule has 36 heavy (non-hydrogen) atoms. The second kappa shape index (κ2) is 8.99. The first-order valence-corrected chi connectivity index (χ1v) is 12.3. The zero-order valence-electron chi connectivity index (χ0n) is 19.2. The number of fused-ring (bicyclic) bond motifs is 2. The Morgan fingerprint density at radius 2 is 1.81 bits per heavy atom. The molecule has 1 saturated heterocycles. The molecule has 3 amide bonds. The molecule has 2 fully saturated rings. The van der Waals surface area contributed by atoms with E-state index in [1.807, 2.05) is 42.5 Å². The summed E-state index contributed by atoms with van der Waals surface area (Å²) in [6, 6.07) is 13.8. The Morgan fingerprint density at radius 1 is 0.972 bits per heavy atom. The molecule has 6 nitrogen and oxygen atoms in total. The average molecular weight is 501 g/mol. The Kier molecular flexibility index (Phi) is 5.64. The van der Waals surface area contributed by atoms with Crippen molar-refractivity contribution >= 4 is 40.0 Å². The van der Waals surface area contributed by atoms with Crippen LogP contribution in [0, 0.1) is 11.7 Å². The van der Waals surface area contributed by atoms with Crippen molar-refractivity contribution in [1.82, 2.24) is 15.3 Å². The molecule has 0 radical (unpaired) electrons. The van der Waals surface area contributed by atoms with Gasteiger partial charge in [0.15, 0.2) is 0 Å². The van der Waals surface area contributed by atoms with Crippen LogP contribution in [0.1, 0.15) is 30.7 Å². The van der Waals surface area contributed by atoms with Crippen molar-refractivity contribution in [2.75, 3.05) is 4.90 Å². The second-order valence-electron chi connectivity index (χ2n) is 9.32. The van der Waals surface area contributed by atoms with Gasteiger partial charge >= 0.3 is 6.03 Å². The van der Waals surface area contributed by atoms with Gasteiger partial charge in [-0.3, -0.25) is 14.8 Å². The summed E-state index contributed by atoms with van der Waals surface area (Å²) in [4.78, 5) is 36.3. The summed E-state index contributed by atoms with van der Waals surface area (Å²) in [5, 5.41) is 5.31. The van der Waals surface area contributed by atoms with Crippen molar-refractivity contribution in [1.29, 1.82) is 0 Å². The van der Waals surface area contributed by atoms with Crippen LogP contribution in [-0.4, -0.2) is 27.9 Å². The predicted octanol–water partition coefficient (Wildman–Crippen LogP) is 6.10. The van der Waals surface area contributed by atoms with Gasteiger partial charge in [0.25, 0.3) is 0 Å². The number of hydrogen-bond acceptors (Lipinski definition) is 4. The topological polar surface area (TPSA) is 75.2 Å². The number of hydrogen-bond donors (Lipinski definition) is 1. The maximum absolute atomic E-state index is 13.9. The summed E-state index contributed by atoms with van der Waals surface area (Å²) in [6.45, 7) is 0. The lowest BCUT2D eigenvalue weighted by Crippen LogP contribution is -2.61. The lowest BCUT2D eigenvalue weighted by Gasteiger charge is -2.43. The Labute approximate surface area is 212 Å². The van der Waals surface area contributed by atoms with Crippen LogP contribution in [0.5, 0.6) is 0 Å². The number of rotatable bonds is 3. The van der Waals surface area contributed by atoms with E-state index in [0.717, 1.165) is 21.9 Å². The van der Waals surface area contributed by atoms with Crippen LogP contribution in [0.25, 0.3) is 21.9 Å². The van der Waals surface area contributed by atoms with E-state index in [4.69, 9.17) is 11.6 Å². The Hall–Kier alpha value is -3.84. The normalized spacial score (nSPS) is 21.8. The van der Waals surface area contributed by atoms with Gasteiger partial charge in [-0.25, -0.2) is 14.1 Å². The fourth-order valence-electron chi connectivity index (χ4n) is 5.65. The van der Waals surface area contributed by atoms with Gasteiger partial charge < -0.3 is 5.32 Å². The Morgan fingerprint density at radius 3 is 2.67 bits per heavy atom. The molecule has 1 aliphatic heterocycles. The molecule has 1 saturated carbocycles. The number of nitrogens with one attached hydrogen (secondary N) is 1. The number of aromatic nitrogens is 2. The van der Waals surface area contributed by atoms with E-state index in [0.29, 0.717) is 35.5 Å². The third-order valence-electron chi connectivity index (χ3n) is 7.26. The SMILES string of the molecule is O=C1NC2CC(c3c(Cl)cccc3-c3cncc(F)c3)CCC2C(=O)N1c1cncc2ccccc12. The highest BCUT2D eigenvalue weighted by atomic mass is 35.5. The summed E-state index contributed by atoms with van der Waals surface area (Å²) < 4.78 is 13.9. The standard InChI is InChI=1S/C28H22ClFN4O2/c29-23-7-3-6-21(18-10-19(30)14-31-13-18)26(23)16-8-9-22-24(11-16)33-28(36)34(27(22)35)25-15-32-12-17-4-1-2-5-20(17)25/h1-7,10,12-16,22,24H,8-9,11H2,(H,33,36). The number of pyridine rings is 2. The maximum atomic E-state index is 13.9. The van der Waals surface area contributed by atoms with E-state index in [-0.39, 0.29) is 23.8 Å². The number of carbonyl (C=O) groups is 2. The summed E-state index contributed by atoms with van der Waals surface area (Å²) >= 11 is 6.66. The van der Waals surface area contributed by atoms with E-state index < -0.39 is 11.8 Å². The second-order valence-corrected chi connectivity index (χ2v) is 9.73. The number of halogens is 2. The van der Waals surface area contributed by atoms with Crippen LogP contribution < -0.4 is 10.2 Å². The molecule has 1 N–H and O–H groups in total. The highest BCUT2D eigenvalue weighted by molar-refractivity contribution is 6.32. The fraction of sp³-hybridized carbons (Fsp3) is 0.214. The summed E-state index contributed by atoms with van der Waals surface area (Å²) in [6.07, 6.45) is 7.93. The molecule has 2 aromatic carbocycles. The van der Waals surface area contributed by atoms with Crippen molar-refractivity contribution < 1.29 is 14.0 Å². The number of imide groups is 1. The van der Waals surface area contributed by atoms with Crippen molar-refractivity contribution in [2.24, 2.45) is 5.92 Å². The molecule has 3 atom stereocenters. The molecule has 6 rings (SSSR count). The molecule has 0 spiro atoms. The van der Waals surface area contributed by atoms with E-state index in [2.05, 4.69) is 15.3 Å². The largest absolute Gasteiger partial charge is 0.334 e. The number of amides is 3. The van der Waals surface area contributed by atoms with Crippen molar-refractivity contribution in [2.45, 2.75) is 31.2 Å². The first-order chi connectivity index (χ1) is 17.5. The molecule has 1 aliphatic carbocycles. The van der Waals surface area contributed by atoms with Gasteiger partial charge in [-0.05, 0) is 48.4 Å². The number of benzene rings is 2. The van der Waals surface area contributed by atoms with Gasteiger partial charge in [0.2, 0.25) is 5.91 Å². The smallest absolute Gasteiger partial charge is 0.329 e. The van der Waals surface area contributed by atoms with E-state index in [9.17, 15) is 14.0 Å². The van der Waals surface area contributed by atoms with Crippen LogP contribution in [0.15, 0.2) is 73.3 Å². The third-order valence-corrected chi connectivity index (χ3v) is 7.59. The zero-order chi connectivity index (χ0) is 24.8. The Balaban J connectivity index is 1.31. The van der Waals surface area contributed by atoms with Gasteiger partial charge in [-0.15, -0.1) is 0 Å². The summed E-state index contributed by atoms with van der Waals surface area (Å²) in [5.41, 5.74) is 2.85. The van der Waals surface area contributed by atoms with E-state index in [1.54, 1.807) is 18.6 Å². The average Bonchev–Trinajstić information content (AvgIpc) is 2.88. The van der Waals surface area contributed by atoms with E-state index in [1.165, 1.54) is 17.2 Å². The first kappa shape index (κ1) is 22.6. The van der Waals surface area contributed by atoms with Gasteiger partial charge in [-0.1, -0.05) is 48.0 Å². The molecule has 3 unspecified atom stereocenters. The zero-order valence-corrected chi connectivity index (χ0v) is 20.0. The number of anilines is 1. The van der Waals surface area contributed by atoms with Crippen LogP contribution in [0.2, 0.25) is 5.02 Å². The summed E-state index contributed by atoms with van der Waals surface area (Å²) in [7, 11) is 0. The van der Waals surface area contributed by atoms with Gasteiger partial charge in [0.05, 0.1) is 24.0 Å². The van der Waals surface area contributed by atoms with Gasteiger partial charge in [0.1, 0.15) is 5.82 Å². The number of carbonyl (C=O) groups excluding carboxylic acids is 2. The molecule has 2 aromatic heterocycles. The van der Waals surface area contributed by atoms with Crippen LogP contribution in [-0.2, 0) is 4.79 Å². The molecule has 2 aliphatic rings. The minimum Gasteiger partial charge on any atom is -0.334 e. The number of nitrogens with zero attached hydrogens (tertiary/aromatic N) is 3. The number of urea groups is 1. The van der Waals surface area contributed by atoms with Crippen LogP contribution in [0.3, 0.4) is 0 Å². The summed E-state index contributed by atoms with van der Waals surface area (Å²) in [5.74, 6) is -0.985. The van der Waals surface area contributed by atoms with Gasteiger partial charge in [-0.2, -0.15) is 0 Å². The van der Waals surface area contributed by atoms with Gasteiger partial charge in [0, 0.05) is 39.8 Å². The predicted molar refractivity (Wildman–Crippen MR) is 136 cm³/mol. The minimum atomic E-state index is -0.450. The maximum Gasteiger partial charge on any atom is 0.329 e. The lowest BCUT2D eigenvalue weighted by atomic mass is 9.73.